The Morgan fingerprint density at radius 1 is 0.615 bits per heavy atom. The molecule has 0 aliphatic rings. The summed E-state index contributed by atoms with van der Waals surface area (Å²) >= 11 is 0. The first-order valence-electron chi connectivity index (χ1n) is 9.13. The Morgan fingerprint density at radius 2 is 0.808 bits per heavy atom. The number of rotatable bonds is 12. The first-order chi connectivity index (χ1) is 12.2. The Bertz CT molecular complexity index is 532. The number of nitrogens with zero attached hydrogens (tertiary/aromatic N) is 3. The highest BCUT2D eigenvalue weighted by molar-refractivity contribution is 7.48. The standard InChI is InChI=1S/C18H30N3O4P/c1-7-16(8-2,13-19)23-26(22,24-17(9-3,10-4)14-20)25-18(11-5,12-6)15-21/h7-12H2,1-6H3. The molecule has 0 N–H and O–H groups in total. The van der Waals surface area contributed by atoms with Crippen LogP contribution in [0.1, 0.15) is 80.1 Å². The molecular weight excluding hydrogens is 353 g/mol. The van der Waals surface area contributed by atoms with Gasteiger partial charge in [0.05, 0.1) is 18.2 Å². The lowest BCUT2D eigenvalue weighted by Crippen LogP contribution is -2.37. The molecule has 0 aromatic heterocycles. The fourth-order valence-corrected chi connectivity index (χ4v) is 4.66. The predicted molar refractivity (Wildman–Crippen MR) is 97.6 cm³/mol. The average Bonchev–Trinajstić information content (AvgIpc) is 2.69. The van der Waals surface area contributed by atoms with E-state index in [1.54, 1.807) is 41.5 Å². The van der Waals surface area contributed by atoms with Gasteiger partial charge in [0.15, 0.2) is 16.8 Å². The van der Waals surface area contributed by atoms with Crippen molar-refractivity contribution in [3.63, 3.8) is 0 Å². The topological polar surface area (TPSA) is 116 Å². The zero-order chi connectivity index (χ0) is 20.5. The quantitative estimate of drug-likeness (QED) is 0.415. The zero-order valence-electron chi connectivity index (χ0n) is 16.7. The zero-order valence-corrected chi connectivity index (χ0v) is 17.6. The minimum Gasteiger partial charge on any atom is -0.265 e. The summed E-state index contributed by atoms with van der Waals surface area (Å²) in [6.07, 6.45) is 1.54. The van der Waals surface area contributed by atoms with Crippen LogP contribution in [0.2, 0.25) is 0 Å². The second-order valence-electron chi connectivity index (χ2n) is 6.16. The summed E-state index contributed by atoms with van der Waals surface area (Å²) in [4.78, 5) is 0. The first kappa shape index (κ1) is 24.6. The maximum atomic E-state index is 13.6. The van der Waals surface area contributed by atoms with Gasteiger partial charge in [-0.15, -0.1) is 0 Å². The average molecular weight is 383 g/mol. The normalized spacial score (nSPS) is 12.9. The number of nitriles is 3. The lowest BCUT2D eigenvalue weighted by molar-refractivity contribution is -0.0317. The van der Waals surface area contributed by atoms with Gasteiger partial charge in [-0.05, 0) is 38.5 Å². The maximum absolute atomic E-state index is 13.6. The number of hydrogen-bond donors (Lipinski definition) is 0. The van der Waals surface area contributed by atoms with E-state index in [9.17, 15) is 20.4 Å². The van der Waals surface area contributed by atoms with Gasteiger partial charge in [0.1, 0.15) is 0 Å². The lowest BCUT2D eigenvalue weighted by atomic mass is 10.0. The largest absolute Gasteiger partial charge is 0.479 e. The molecule has 0 rings (SSSR count). The van der Waals surface area contributed by atoms with Gasteiger partial charge in [0.2, 0.25) is 0 Å². The van der Waals surface area contributed by atoms with Gasteiger partial charge >= 0.3 is 7.82 Å². The molecule has 0 bridgehead atoms. The fourth-order valence-electron chi connectivity index (χ4n) is 2.37. The van der Waals surface area contributed by atoms with E-state index in [0.717, 1.165) is 0 Å². The van der Waals surface area contributed by atoms with E-state index in [2.05, 4.69) is 0 Å². The van der Waals surface area contributed by atoms with Crippen molar-refractivity contribution < 1.29 is 18.1 Å². The Balaban J connectivity index is 6.20. The van der Waals surface area contributed by atoms with Gasteiger partial charge in [-0.3, -0.25) is 13.6 Å². The third-order valence-corrected chi connectivity index (χ3v) is 6.62. The van der Waals surface area contributed by atoms with Crippen LogP contribution in [0.3, 0.4) is 0 Å². The molecular formula is C18H30N3O4P. The SMILES string of the molecule is CCC(C#N)(CC)OP(=O)(OC(C#N)(CC)CC)OC(C#N)(CC)CC. The van der Waals surface area contributed by atoms with Crippen LogP contribution in [0.5, 0.6) is 0 Å². The van der Waals surface area contributed by atoms with Crippen LogP contribution in [0.15, 0.2) is 0 Å². The second kappa shape index (κ2) is 10.1. The van der Waals surface area contributed by atoms with Crippen molar-refractivity contribution in [2.24, 2.45) is 0 Å². The fraction of sp³-hybridized carbons (Fsp3) is 0.833. The molecule has 0 aliphatic carbocycles. The Kier molecular flexibility index (Phi) is 9.50. The Hall–Kier alpha value is -1.42. The first-order valence-corrected chi connectivity index (χ1v) is 10.6. The number of hydrogen-bond acceptors (Lipinski definition) is 7. The molecule has 0 unspecified atom stereocenters. The highest BCUT2D eigenvalue weighted by Gasteiger charge is 2.49. The summed E-state index contributed by atoms with van der Waals surface area (Å²) in [5.74, 6) is 0. The highest BCUT2D eigenvalue weighted by Crippen LogP contribution is 2.60. The third-order valence-electron chi connectivity index (χ3n) is 4.90. The monoisotopic (exact) mass is 383 g/mol. The van der Waals surface area contributed by atoms with Crippen molar-refractivity contribution in [2.75, 3.05) is 0 Å². The molecule has 26 heavy (non-hydrogen) atoms. The summed E-state index contributed by atoms with van der Waals surface area (Å²) in [6, 6.07) is 6.09. The van der Waals surface area contributed by atoms with E-state index in [1.165, 1.54) is 0 Å². The minimum absolute atomic E-state index is 0.256. The third kappa shape index (κ3) is 5.54. The number of phosphoric ester groups is 1. The van der Waals surface area contributed by atoms with E-state index in [-0.39, 0.29) is 38.5 Å². The smallest absolute Gasteiger partial charge is 0.265 e. The van der Waals surface area contributed by atoms with Crippen LogP contribution in [-0.4, -0.2) is 16.8 Å². The molecule has 7 nitrogen and oxygen atoms in total. The molecule has 146 valence electrons. The minimum atomic E-state index is -4.40. The maximum Gasteiger partial charge on any atom is 0.479 e. The van der Waals surface area contributed by atoms with E-state index in [0.29, 0.717) is 0 Å². The van der Waals surface area contributed by atoms with Gasteiger partial charge in [-0.1, -0.05) is 41.5 Å². The van der Waals surface area contributed by atoms with Crippen LogP contribution < -0.4 is 0 Å². The molecule has 0 saturated carbocycles. The van der Waals surface area contributed by atoms with Crippen LogP contribution in [0.25, 0.3) is 0 Å². The Labute approximate surface area is 157 Å². The highest BCUT2D eigenvalue weighted by atomic mass is 31.2. The van der Waals surface area contributed by atoms with Crippen molar-refractivity contribution in [3.8, 4) is 18.2 Å². The molecule has 0 aromatic carbocycles. The summed E-state index contributed by atoms with van der Waals surface area (Å²) in [5.41, 5.74) is -4.16. The molecule has 0 saturated heterocycles. The van der Waals surface area contributed by atoms with Crippen LogP contribution in [-0.2, 0) is 18.1 Å². The predicted octanol–water partition coefficient (Wildman–Crippen LogP) is 5.39. The lowest BCUT2D eigenvalue weighted by Gasteiger charge is -2.36. The summed E-state index contributed by atoms with van der Waals surface area (Å²) in [5, 5.41) is 28.6. The molecule has 0 heterocycles. The summed E-state index contributed by atoms with van der Waals surface area (Å²) in [6.45, 7) is 10.4. The van der Waals surface area contributed by atoms with E-state index in [1.807, 2.05) is 18.2 Å². The van der Waals surface area contributed by atoms with Crippen LogP contribution in [0.4, 0.5) is 0 Å². The molecule has 0 amide bonds. The molecule has 0 aliphatic heterocycles. The van der Waals surface area contributed by atoms with Crippen molar-refractivity contribution in [3.05, 3.63) is 0 Å². The molecule has 0 atom stereocenters. The van der Waals surface area contributed by atoms with Gasteiger partial charge in [0, 0.05) is 0 Å². The van der Waals surface area contributed by atoms with Gasteiger partial charge in [-0.25, -0.2) is 4.57 Å². The van der Waals surface area contributed by atoms with Crippen molar-refractivity contribution >= 4 is 7.82 Å². The van der Waals surface area contributed by atoms with E-state index < -0.39 is 24.6 Å². The van der Waals surface area contributed by atoms with Crippen LogP contribution in [0, 0.1) is 34.0 Å². The summed E-state index contributed by atoms with van der Waals surface area (Å²) < 4.78 is 30.5. The van der Waals surface area contributed by atoms with Gasteiger partial charge in [0.25, 0.3) is 0 Å². The van der Waals surface area contributed by atoms with Gasteiger partial charge in [-0.2, -0.15) is 15.8 Å². The molecule has 0 spiro atoms. The van der Waals surface area contributed by atoms with Crippen molar-refractivity contribution in [1.82, 2.24) is 0 Å². The van der Waals surface area contributed by atoms with Crippen molar-refractivity contribution in [1.29, 1.82) is 15.8 Å². The van der Waals surface area contributed by atoms with Crippen LogP contribution >= 0.6 is 7.82 Å². The van der Waals surface area contributed by atoms with Crippen molar-refractivity contribution in [2.45, 2.75) is 96.9 Å². The van der Waals surface area contributed by atoms with E-state index >= 15 is 0 Å². The molecule has 8 heteroatoms. The van der Waals surface area contributed by atoms with Gasteiger partial charge < -0.3 is 0 Å². The Morgan fingerprint density at radius 3 is 0.923 bits per heavy atom. The molecule has 0 aromatic rings. The summed E-state index contributed by atoms with van der Waals surface area (Å²) in [7, 11) is -4.40. The molecule has 0 fully saturated rings. The second-order valence-corrected chi connectivity index (χ2v) is 7.60. The molecule has 0 radical (unpaired) electrons. The van der Waals surface area contributed by atoms with E-state index in [4.69, 9.17) is 13.6 Å². The number of phosphoric acid groups is 1.